The molecule has 2 aromatic carbocycles. The van der Waals surface area contributed by atoms with E-state index in [4.69, 9.17) is 0 Å². The van der Waals surface area contributed by atoms with Gasteiger partial charge in [0, 0.05) is 12.5 Å². The predicted octanol–water partition coefficient (Wildman–Crippen LogP) is 3.78. The zero-order valence-electron chi connectivity index (χ0n) is 12.6. The van der Waals surface area contributed by atoms with Gasteiger partial charge in [0.05, 0.1) is 16.2 Å². The van der Waals surface area contributed by atoms with Gasteiger partial charge in [-0.2, -0.15) is 0 Å². The fourth-order valence-electron chi connectivity index (χ4n) is 2.18. The lowest BCUT2D eigenvalue weighted by Crippen LogP contribution is -2.13. The minimum atomic E-state index is -0.447. The van der Waals surface area contributed by atoms with Gasteiger partial charge in [0.2, 0.25) is 5.91 Å². The minimum Gasteiger partial charge on any atom is -0.326 e. The van der Waals surface area contributed by atoms with Gasteiger partial charge in [-0.25, -0.2) is 0 Å². The van der Waals surface area contributed by atoms with Crippen molar-refractivity contribution in [2.45, 2.75) is 26.7 Å². The number of nitro groups is 1. The van der Waals surface area contributed by atoms with Crippen LogP contribution in [0.4, 0.5) is 11.4 Å². The monoisotopic (exact) mass is 298 g/mol. The number of anilines is 1. The van der Waals surface area contributed by atoms with Crippen LogP contribution in [0.1, 0.15) is 23.1 Å². The number of aryl methyl sites for hydroxylation is 2. The molecular formula is C17H18N2O3. The number of nitrogens with one attached hydrogen (secondary N) is 1. The van der Waals surface area contributed by atoms with Crippen molar-refractivity contribution in [1.82, 2.24) is 0 Å². The molecule has 0 bridgehead atoms. The molecule has 0 fully saturated rings. The van der Waals surface area contributed by atoms with Crippen LogP contribution in [0.3, 0.4) is 0 Å². The average Bonchev–Trinajstić information content (AvgIpc) is 2.48. The van der Waals surface area contributed by atoms with Crippen molar-refractivity contribution in [2.75, 3.05) is 5.32 Å². The highest BCUT2D eigenvalue weighted by Gasteiger charge is 2.14. The molecule has 2 rings (SSSR count). The van der Waals surface area contributed by atoms with Crippen LogP contribution in [0.25, 0.3) is 0 Å². The van der Waals surface area contributed by atoms with E-state index in [9.17, 15) is 14.9 Å². The third kappa shape index (κ3) is 3.91. The van der Waals surface area contributed by atoms with Crippen LogP contribution in [0.15, 0.2) is 42.5 Å². The van der Waals surface area contributed by atoms with E-state index in [2.05, 4.69) is 5.32 Å². The molecule has 0 aliphatic carbocycles. The summed E-state index contributed by atoms with van der Waals surface area (Å²) in [5.74, 6) is -0.149. The van der Waals surface area contributed by atoms with E-state index in [1.54, 1.807) is 19.1 Å². The molecule has 5 nitrogen and oxygen atoms in total. The number of hydrogen-bond donors (Lipinski definition) is 1. The highest BCUT2D eigenvalue weighted by atomic mass is 16.6. The molecule has 0 aromatic heterocycles. The van der Waals surface area contributed by atoms with Gasteiger partial charge in [-0.15, -0.1) is 0 Å². The summed E-state index contributed by atoms with van der Waals surface area (Å²) in [5, 5.41) is 13.6. The molecule has 5 heteroatoms. The Kier molecular flexibility index (Phi) is 4.88. The number of rotatable bonds is 5. The molecule has 1 N–H and O–H groups in total. The highest BCUT2D eigenvalue weighted by molar-refractivity contribution is 5.92. The maximum atomic E-state index is 12.0. The average molecular weight is 298 g/mol. The summed E-state index contributed by atoms with van der Waals surface area (Å²) in [6.45, 7) is 3.65. The number of carbonyl (C=O) groups is 1. The third-order valence-corrected chi connectivity index (χ3v) is 3.54. The number of nitrogens with zero attached hydrogens (tertiary/aromatic N) is 1. The van der Waals surface area contributed by atoms with Crippen LogP contribution >= 0.6 is 0 Å². The van der Waals surface area contributed by atoms with Crippen LogP contribution in [0.2, 0.25) is 0 Å². The topological polar surface area (TPSA) is 72.2 Å². The SMILES string of the molecule is Cc1ccc(CCC(=O)Nc2cccc([N+](=O)[O-])c2C)cc1. The quantitative estimate of drug-likeness (QED) is 0.674. The Hall–Kier alpha value is -2.69. The van der Waals surface area contributed by atoms with Crippen molar-refractivity contribution in [2.24, 2.45) is 0 Å². The Morgan fingerprint density at radius 3 is 2.45 bits per heavy atom. The van der Waals surface area contributed by atoms with Crippen LogP contribution in [-0.2, 0) is 11.2 Å². The van der Waals surface area contributed by atoms with E-state index < -0.39 is 4.92 Å². The predicted molar refractivity (Wildman–Crippen MR) is 86.0 cm³/mol. The Morgan fingerprint density at radius 1 is 1.14 bits per heavy atom. The smallest absolute Gasteiger partial charge is 0.274 e. The molecule has 0 aliphatic heterocycles. The third-order valence-electron chi connectivity index (χ3n) is 3.54. The molecule has 1 amide bonds. The lowest BCUT2D eigenvalue weighted by molar-refractivity contribution is -0.385. The van der Waals surface area contributed by atoms with Gasteiger partial charge in [-0.3, -0.25) is 14.9 Å². The Labute approximate surface area is 129 Å². The lowest BCUT2D eigenvalue weighted by atomic mass is 10.1. The van der Waals surface area contributed by atoms with Gasteiger partial charge >= 0.3 is 0 Å². The van der Waals surface area contributed by atoms with E-state index in [-0.39, 0.29) is 11.6 Å². The van der Waals surface area contributed by atoms with Gasteiger partial charge in [-0.1, -0.05) is 35.9 Å². The van der Waals surface area contributed by atoms with Gasteiger partial charge in [-0.05, 0) is 31.9 Å². The molecule has 2 aromatic rings. The number of nitro benzene ring substituents is 1. The molecule has 0 aliphatic rings. The lowest BCUT2D eigenvalue weighted by Gasteiger charge is -2.08. The normalized spacial score (nSPS) is 10.3. The van der Waals surface area contributed by atoms with Crippen molar-refractivity contribution in [3.05, 3.63) is 69.3 Å². The first-order chi connectivity index (χ1) is 10.5. The zero-order valence-corrected chi connectivity index (χ0v) is 12.6. The molecule has 0 spiro atoms. The van der Waals surface area contributed by atoms with E-state index in [0.717, 1.165) is 5.56 Å². The second-order valence-electron chi connectivity index (χ2n) is 5.24. The van der Waals surface area contributed by atoms with Crippen molar-refractivity contribution in [3.8, 4) is 0 Å². The van der Waals surface area contributed by atoms with Gasteiger partial charge < -0.3 is 5.32 Å². The van der Waals surface area contributed by atoms with E-state index in [0.29, 0.717) is 24.1 Å². The van der Waals surface area contributed by atoms with Crippen molar-refractivity contribution >= 4 is 17.3 Å². The summed E-state index contributed by atoms with van der Waals surface area (Å²) < 4.78 is 0. The fourth-order valence-corrected chi connectivity index (χ4v) is 2.18. The molecule has 0 saturated carbocycles. The maximum absolute atomic E-state index is 12.0. The van der Waals surface area contributed by atoms with Crippen LogP contribution in [0, 0.1) is 24.0 Å². The van der Waals surface area contributed by atoms with E-state index in [1.165, 1.54) is 11.6 Å². The maximum Gasteiger partial charge on any atom is 0.274 e. The number of amides is 1. The summed E-state index contributed by atoms with van der Waals surface area (Å²) in [7, 11) is 0. The van der Waals surface area contributed by atoms with Crippen molar-refractivity contribution in [1.29, 1.82) is 0 Å². The molecule has 0 saturated heterocycles. The van der Waals surface area contributed by atoms with Crippen LogP contribution in [0.5, 0.6) is 0 Å². The highest BCUT2D eigenvalue weighted by Crippen LogP contribution is 2.25. The van der Waals surface area contributed by atoms with Crippen molar-refractivity contribution in [3.63, 3.8) is 0 Å². The molecule has 0 heterocycles. The Balaban J connectivity index is 1.99. The van der Waals surface area contributed by atoms with Crippen LogP contribution < -0.4 is 5.32 Å². The summed E-state index contributed by atoms with van der Waals surface area (Å²) in [4.78, 5) is 22.4. The molecule has 0 unspecified atom stereocenters. The van der Waals surface area contributed by atoms with Gasteiger partial charge in [0.25, 0.3) is 5.69 Å². The summed E-state index contributed by atoms with van der Waals surface area (Å²) in [6, 6.07) is 12.7. The van der Waals surface area contributed by atoms with E-state index in [1.807, 2.05) is 31.2 Å². The first kappa shape index (κ1) is 15.7. The molecule has 114 valence electrons. The standard InChI is InChI=1S/C17H18N2O3/c1-12-6-8-14(9-7-12)10-11-17(20)18-15-4-3-5-16(13(15)2)19(21)22/h3-9H,10-11H2,1-2H3,(H,18,20). The van der Waals surface area contributed by atoms with Crippen molar-refractivity contribution < 1.29 is 9.72 Å². The molecule has 22 heavy (non-hydrogen) atoms. The molecular weight excluding hydrogens is 280 g/mol. The van der Waals surface area contributed by atoms with Gasteiger partial charge in [0.1, 0.15) is 0 Å². The van der Waals surface area contributed by atoms with Gasteiger partial charge in [0.15, 0.2) is 0 Å². The molecule has 0 radical (unpaired) electrons. The summed E-state index contributed by atoms with van der Waals surface area (Å²) in [6.07, 6.45) is 0.977. The zero-order chi connectivity index (χ0) is 16.1. The van der Waals surface area contributed by atoms with Crippen LogP contribution in [-0.4, -0.2) is 10.8 Å². The number of benzene rings is 2. The Bertz CT molecular complexity index is 694. The van der Waals surface area contributed by atoms with E-state index >= 15 is 0 Å². The number of carbonyl (C=O) groups excluding carboxylic acids is 1. The second kappa shape index (κ2) is 6.85. The Morgan fingerprint density at radius 2 is 1.82 bits per heavy atom. The second-order valence-corrected chi connectivity index (χ2v) is 5.24. The molecule has 0 atom stereocenters. The minimum absolute atomic E-state index is 0.0105. The number of hydrogen-bond acceptors (Lipinski definition) is 3. The largest absolute Gasteiger partial charge is 0.326 e. The fraction of sp³-hybridized carbons (Fsp3) is 0.235. The first-order valence-electron chi connectivity index (χ1n) is 7.07. The first-order valence-corrected chi connectivity index (χ1v) is 7.07. The summed E-state index contributed by atoms with van der Waals surface area (Å²) in [5.41, 5.74) is 3.24. The summed E-state index contributed by atoms with van der Waals surface area (Å²) >= 11 is 0.